The zero-order valence-electron chi connectivity index (χ0n) is 21.3. The highest BCUT2D eigenvalue weighted by Crippen LogP contribution is 2.31. The first-order valence-corrected chi connectivity index (χ1v) is 11.9. The number of nitro groups is 3. The Bertz CT molecular complexity index is 1960. The molecule has 0 fully saturated rings. The number of benzene rings is 3. The third-order valence-corrected chi connectivity index (χ3v) is 6.16. The second-order valence-corrected chi connectivity index (χ2v) is 8.82. The molecule has 0 aliphatic heterocycles. The number of fused-ring (bicyclic) bond motifs is 1. The Morgan fingerprint density at radius 1 is 0.952 bits per heavy atom. The summed E-state index contributed by atoms with van der Waals surface area (Å²) in [4.78, 5) is 36.2. The molecule has 15 nitrogen and oxygen atoms in total. The van der Waals surface area contributed by atoms with Crippen LogP contribution in [-0.4, -0.2) is 40.4 Å². The molecule has 0 saturated carbocycles. The van der Waals surface area contributed by atoms with E-state index in [-0.39, 0.29) is 34.0 Å². The van der Waals surface area contributed by atoms with Crippen molar-refractivity contribution in [3.05, 3.63) is 126 Å². The van der Waals surface area contributed by atoms with Gasteiger partial charge in [0.05, 0.1) is 32.2 Å². The van der Waals surface area contributed by atoms with Crippen LogP contribution in [0.5, 0.6) is 5.75 Å². The molecule has 0 aliphatic rings. The summed E-state index contributed by atoms with van der Waals surface area (Å²) in [5.41, 5.74) is 2.26. The number of halogens is 1. The van der Waals surface area contributed by atoms with Crippen LogP contribution in [0, 0.1) is 43.1 Å². The smallest absolute Gasteiger partial charge is 0.301 e. The summed E-state index contributed by atoms with van der Waals surface area (Å²) >= 11 is 0. The van der Waals surface area contributed by atoms with Crippen LogP contribution in [0.3, 0.4) is 0 Å². The molecule has 0 bridgehead atoms. The molecule has 3 aromatic carbocycles. The van der Waals surface area contributed by atoms with Crippen LogP contribution < -0.4 is 5.43 Å². The third-order valence-electron chi connectivity index (χ3n) is 6.16. The minimum Gasteiger partial charge on any atom is -0.507 e. The minimum atomic E-state index is -0.830. The van der Waals surface area contributed by atoms with Gasteiger partial charge in [0.2, 0.25) is 0 Å². The number of nitrogens with one attached hydrogen (secondary N) is 1. The molecule has 0 spiro atoms. The summed E-state index contributed by atoms with van der Waals surface area (Å²) in [7, 11) is 0. The lowest BCUT2D eigenvalue weighted by molar-refractivity contribution is -0.393. The molecule has 0 unspecified atom stereocenters. The first-order valence-electron chi connectivity index (χ1n) is 11.9. The van der Waals surface area contributed by atoms with Gasteiger partial charge < -0.3 is 5.11 Å². The summed E-state index contributed by atoms with van der Waals surface area (Å²) in [6.07, 6.45) is 1.34. The van der Waals surface area contributed by atoms with Crippen molar-refractivity contribution in [2.45, 2.75) is 6.92 Å². The number of aromatic nitrogens is 3. The predicted octanol–water partition coefficient (Wildman–Crippen LogP) is 5.16. The Hall–Kier alpha value is -6.32. The highest BCUT2D eigenvalue weighted by Gasteiger charge is 2.22. The molecule has 5 rings (SSSR count). The Morgan fingerprint density at radius 2 is 1.69 bits per heavy atom. The number of rotatable bonds is 8. The van der Waals surface area contributed by atoms with E-state index in [9.17, 15) is 39.8 Å². The molecule has 5 aromatic rings. The fourth-order valence-corrected chi connectivity index (χ4v) is 4.17. The molecule has 2 aromatic heterocycles. The summed E-state index contributed by atoms with van der Waals surface area (Å²) in [5.74, 6) is -1.07. The summed E-state index contributed by atoms with van der Waals surface area (Å²) in [6, 6.07) is 13.4. The van der Waals surface area contributed by atoms with Crippen LogP contribution in [0.4, 0.5) is 27.1 Å². The van der Waals surface area contributed by atoms with Gasteiger partial charge in [-0.2, -0.15) is 10.2 Å². The van der Waals surface area contributed by atoms with Gasteiger partial charge in [-0.3, -0.25) is 35.8 Å². The molecule has 0 radical (unpaired) electrons. The van der Waals surface area contributed by atoms with E-state index in [1.54, 1.807) is 19.1 Å². The molecule has 210 valence electrons. The molecule has 0 saturated heterocycles. The number of pyridine rings is 1. The van der Waals surface area contributed by atoms with E-state index < -0.39 is 32.0 Å². The number of aryl methyl sites for hydroxylation is 1. The fourth-order valence-electron chi connectivity index (χ4n) is 4.17. The van der Waals surface area contributed by atoms with Crippen molar-refractivity contribution in [3.63, 3.8) is 0 Å². The molecule has 0 atom stereocenters. The molecular formula is C26H17FN8O7. The van der Waals surface area contributed by atoms with Crippen LogP contribution >= 0.6 is 0 Å². The first kappa shape index (κ1) is 27.3. The van der Waals surface area contributed by atoms with Gasteiger partial charge in [-0.1, -0.05) is 6.07 Å². The average molecular weight is 572 g/mol. The second kappa shape index (κ2) is 10.7. The predicted molar refractivity (Wildman–Crippen MR) is 147 cm³/mol. The van der Waals surface area contributed by atoms with Crippen molar-refractivity contribution < 1.29 is 24.3 Å². The Balaban J connectivity index is 1.65. The van der Waals surface area contributed by atoms with Crippen molar-refractivity contribution >= 4 is 39.5 Å². The van der Waals surface area contributed by atoms with Crippen LogP contribution in [0.25, 0.3) is 16.7 Å². The van der Waals surface area contributed by atoms with Crippen molar-refractivity contribution in [2.75, 3.05) is 5.43 Å². The van der Waals surface area contributed by atoms with Gasteiger partial charge in [0.1, 0.15) is 23.0 Å². The van der Waals surface area contributed by atoms with Gasteiger partial charge in [-0.05, 0) is 43.3 Å². The molecule has 0 amide bonds. The number of hydrogen-bond donors (Lipinski definition) is 2. The van der Waals surface area contributed by atoms with Gasteiger partial charge in [0, 0.05) is 40.9 Å². The number of anilines is 1. The summed E-state index contributed by atoms with van der Waals surface area (Å²) in [5, 5.41) is 53.6. The maximum Gasteiger partial charge on any atom is 0.301 e. The number of hydrogen-bond acceptors (Lipinski definition) is 11. The fraction of sp³-hybridized carbons (Fsp3) is 0.0385. The first-order chi connectivity index (χ1) is 20.0. The van der Waals surface area contributed by atoms with E-state index >= 15 is 0 Å². The highest BCUT2D eigenvalue weighted by atomic mass is 19.1. The largest absolute Gasteiger partial charge is 0.507 e. The SMILES string of the molecule is Cc1nn(-c2cccc([N+](=O)[O-])c2)c2ncc(/C(=N/Nc3ccc([N+](=O)[O-])cc3[N+](=O)[O-])c3cc(F)ccc3O)cc12. The maximum absolute atomic E-state index is 14.3. The third kappa shape index (κ3) is 5.14. The number of aromatic hydroxyl groups is 1. The normalized spacial score (nSPS) is 11.4. The number of nitro benzene ring substituents is 3. The Kier molecular flexibility index (Phi) is 6.93. The van der Waals surface area contributed by atoms with Gasteiger partial charge >= 0.3 is 5.69 Å². The number of phenols is 1. The molecule has 2 N–H and O–H groups in total. The molecular weight excluding hydrogens is 555 g/mol. The highest BCUT2D eigenvalue weighted by molar-refractivity contribution is 6.15. The average Bonchev–Trinajstić information content (AvgIpc) is 3.30. The zero-order valence-corrected chi connectivity index (χ0v) is 21.3. The summed E-state index contributed by atoms with van der Waals surface area (Å²) < 4.78 is 15.7. The van der Waals surface area contributed by atoms with Crippen LogP contribution in [0.1, 0.15) is 16.8 Å². The lowest BCUT2D eigenvalue weighted by Crippen LogP contribution is -2.09. The number of phenolic OH excluding ortho intramolecular Hbond substituents is 1. The monoisotopic (exact) mass is 572 g/mol. The quantitative estimate of drug-likeness (QED) is 0.142. The topological polar surface area (TPSA) is 205 Å². The number of nitrogens with zero attached hydrogens (tertiary/aromatic N) is 7. The molecule has 42 heavy (non-hydrogen) atoms. The van der Waals surface area contributed by atoms with Crippen LogP contribution in [0.15, 0.2) is 78.0 Å². The molecule has 0 aliphatic carbocycles. The zero-order chi connectivity index (χ0) is 30.1. The van der Waals surface area contributed by atoms with Crippen molar-refractivity contribution in [1.29, 1.82) is 0 Å². The molecule has 2 heterocycles. The van der Waals surface area contributed by atoms with Gasteiger partial charge in [-0.25, -0.2) is 14.1 Å². The van der Waals surface area contributed by atoms with Crippen LogP contribution in [-0.2, 0) is 0 Å². The molecule has 16 heteroatoms. The maximum atomic E-state index is 14.3. The lowest BCUT2D eigenvalue weighted by Gasteiger charge is -2.11. The van der Waals surface area contributed by atoms with Crippen molar-refractivity contribution in [1.82, 2.24) is 14.8 Å². The lowest BCUT2D eigenvalue weighted by atomic mass is 10.0. The van der Waals surface area contributed by atoms with Gasteiger partial charge in [0.15, 0.2) is 5.65 Å². The Labute approximate surface area is 233 Å². The van der Waals surface area contributed by atoms with Crippen molar-refractivity contribution in [3.8, 4) is 11.4 Å². The van der Waals surface area contributed by atoms with E-state index in [1.807, 2.05) is 0 Å². The number of non-ortho nitro benzene ring substituents is 2. The standard InChI is InChI=1S/C26H17FN8O7/c1-14-20-9-15(13-28-26(20)32(31-14)17-3-2-4-18(11-17)33(37)38)25(21-10-16(27)5-8-24(21)36)30-29-22-7-6-19(34(39)40)12-23(22)35(41)42/h2-13,29,36H,1H3/b30-25-. The van der Waals surface area contributed by atoms with E-state index in [0.29, 0.717) is 22.4 Å². The number of hydrazone groups is 1. The van der Waals surface area contributed by atoms with E-state index in [2.05, 4.69) is 20.6 Å². The van der Waals surface area contributed by atoms with Crippen LogP contribution in [0.2, 0.25) is 0 Å². The summed E-state index contributed by atoms with van der Waals surface area (Å²) in [6.45, 7) is 1.68. The van der Waals surface area contributed by atoms with E-state index in [0.717, 1.165) is 36.4 Å². The van der Waals surface area contributed by atoms with Gasteiger partial charge in [-0.15, -0.1) is 0 Å². The van der Waals surface area contributed by atoms with E-state index in [4.69, 9.17) is 0 Å². The Morgan fingerprint density at radius 3 is 2.40 bits per heavy atom. The van der Waals surface area contributed by atoms with E-state index in [1.165, 1.54) is 29.1 Å². The minimum absolute atomic E-state index is 0.0726. The van der Waals surface area contributed by atoms with Gasteiger partial charge in [0.25, 0.3) is 11.4 Å². The van der Waals surface area contributed by atoms with Crippen molar-refractivity contribution in [2.24, 2.45) is 5.10 Å². The second-order valence-electron chi connectivity index (χ2n) is 8.82.